The molecule has 2 fully saturated rings. The van der Waals surface area contributed by atoms with E-state index in [2.05, 4.69) is 14.9 Å². The van der Waals surface area contributed by atoms with Gasteiger partial charge in [-0.1, -0.05) is 0 Å². The highest BCUT2D eigenvalue weighted by Gasteiger charge is 2.35. The van der Waals surface area contributed by atoms with E-state index in [0.29, 0.717) is 6.04 Å². The van der Waals surface area contributed by atoms with Gasteiger partial charge in [-0.15, -0.1) is 0 Å². The van der Waals surface area contributed by atoms with Crippen LogP contribution in [0.2, 0.25) is 0 Å². The van der Waals surface area contributed by atoms with Gasteiger partial charge < -0.3 is 14.7 Å². The quantitative estimate of drug-likeness (QED) is 0.886. The van der Waals surface area contributed by atoms with Crippen LogP contribution in [-0.4, -0.2) is 46.3 Å². The number of aromatic nitrogens is 2. The zero-order valence-corrected chi connectivity index (χ0v) is 10.7. The van der Waals surface area contributed by atoms with E-state index in [1.165, 1.54) is 6.20 Å². The molecule has 1 aromatic heterocycles. The molecule has 3 heterocycles. The molecule has 1 N–H and O–H groups in total. The van der Waals surface area contributed by atoms with Crippen molar-refractivity contribution in [2.75, 3.05) is 18.1 Å². The lowest BCUT2D eigenvalue weighted by Crippen LogP contribution is -2.39. The molecular weight excluding hydrogens is 246 g/mol. The normalized spacial score (nSPS) is 26.8. The van der Waals surface area contributed by atoms with Gasteiger partial charge in [0.25, 0.3) is 0 Å². The minimum Gasteiger partial charge on any atom is -0.476 e. The van der Waals surface area contributed by atoms with Gasteiger partial charge in [0.2, 0.25) is 0 Å². The number of carboxylic acid groups (broad SMARTS) is 1. The molecule has 3 rings (SSSR count). The van der Waals surface area contributed by atoms with Crippen molar-refractivity contribution in [1.82, 2.24) is 9.97 Å². The summed E-state index contributed by atoms with van der Waals surface area (Å²) in [4.78, 5) is 21.1. The third kappa shape index (κ3) is 2.40. The molecule has 19 heavy (non-hydrogen) atoms. The van der Waals surface area contributed by atoms with Gasteiger partial charge in [0, 0.05) is 13.2 Å². The Morgan fingerprint density at radius 3 is 2.84 bits per heavy atom. The largest absolute Gasteiger partial charge is 0.476 e. The Morgan fingerprint density at radius 1 is 1.32 bits per heavy atom. The van der Waals surface area contributed by atoms with E-state index in [9.17, 15) is 4.79 Å². The first kappa shape index (κ1) is 12.3. The van der Waals surface area contributed by atoms with Gasteiger partial charge in [-0.25, -0.2) is 14.8 Å². The summed E-state index contributed by atoms with van der Waals surface area (Å²) in [6.45, 7) is 1.78. The molecule has 0 bridgehead atoms. The highest BCUT2D eigenvalue weighted by atomic mass is 16.5. The molecule has 0 aliphatic carbocycles. The maximum Gasteiger partial charge on any atom is 0.356 e. The van der Waals surface area contributed by atoms with Crippen molar-refractivity contribution < 1.29 is 14.6 Å². The average Bonchev–Trinajstić information content (AvgIpc) is 3.09. The summed E-state index contributed by atoms with van der Waals surface area (Å²) in [7, 11) is 0. The molecule has 2 aliphatic rings. The summed E-state index contributed by atoms with van der Waals surface area (Å²) >= 11 is 0. The Morgan fingerprint density at radius 2 is 2.21 bits per heavy atom. The molecule has 2 atom stereocenters. The standard InChI is InChI=1S/C13H17N3O3/c17-13(18)9-7-15-12(8-14-9)16-5-1-3-10(16)11-4-2-6-19-11/h7-8,10-11H,1-6H2,(H,17,18). The van der Waals surface area contributed by atoms with E-state index >= 15 is 0 Å². The number of aromatic carboxylic acids is 1. The van der Waals surface area contributed by atoms with E-state index in [0.717, 1.165) is 44.7 Å². The zero-order valence-electron chi connectivity index (χ0n) is 10.7. The summed E-state index contributed by atoms with van der Waals surface area (Å²) in [6.07, 6.45) is 7.60. The van der Waals surface area contributed by atoms with Crippen molar-refractivity contribution in [2.45, 2.75) is 37.8 Å². The number of ether oxygens (including phenoxy) is 1. The number of carbonyl (C=O) groups is 1. The Kier molecular flexibility index (Phi) is 3.33. The second kappa shape index (κ2) is 5.13. The molecular formula is C13H17N3O3. The maximum absolute atomic E-state index is 10.8. The molecule has 0 amide bonds. The molecule has 2 aliphatic heterocycles. The summed E-state index contributed by atoms with van der Waals surface area (Å²) in [5, 5.41) is 8.83. The van der Waals surface area contributed by atoms with E-state index in [-0.39, 0.29) is 11.8 Å². The molecule has 2 saturated heterocycles. The maximum atomic E-state index is 10.8. The highest BCUT2D eigenvalue weighted by molar-refractivity contribution is 5.84. The lowest BCUT2D eigenvalue weighted by atomic mass is 10.1. The first-order valence-corrected chi connectivity index (χ1v) is 6.69. The average molecular weight is 263 g/mol. The van der Waals surface area contributed by atoms with Crippen LogP contribution in [0.25, 0.3) is 0 Å². The van der Waals surface area contributed by atoms with Gasteiger partial charge in [0.15, 0.2) is 5.69 Å². The van der Waals surface area contributed by atoms with Crippen molar-refractivity contribution in [3.8, 4) is 0 Å². The number of carboxylic acids is 1. The molecule has 0 aromatic carbocycles. The number of hydrogen-bond acceptors (Lipinski definition) is 5. The number of rotatable bonds is 3. The SMILES string of the molecule is O=C(O)c1cnc(N2CCCC2C2CCCO2)cn1. The van der Waals surface area contributed by atoms with Crippen LogP contribution in [-0.2, 0) is 4.74 Å². The van der Waals surface area contributed by atoms with Crippen molar-refractivity contribution in [1.29, 1.82) is 0 Å². The van der Waals surface area contributed by atoms with Gasteiger partial charge in [0.1, 0.15) is 5.82 Å². The number of nitrogens with zero attached hydrogens (tertiary/aromatic N) is 3. The van der Waals surface area contributed by atoms with Crippen LogP contribution < -0.4 is 4.90 Å². The fourth-order valence-electron chi connectivity index (χ4n) is 2.95. The Bertz CT molecular complexity index is 457. The molecule has 0 radical (unpaired) electrons. The molecule has 2 unspecified atom stereocenters. The second-order valence-electron chi connectivity index (χ2n) is 5.02. The Labute approximate surface area is 111 Å². The zero-order chi connectivity index (χ0) is 13.2. The van der Waals surface area contributed by atoms with Crippen LogP contribution in [0, 0.1) is 0 Å². The lowest BCUT2D eigenvalue weighted by Gasteiger charge is -2.29. The van der Waals surface area contributed by atoms with Gasteiger partial charge in [-0.3, -0.25) is 0 Å². The first-order chi connectivity index (χ1) is 9.25. The Hall–Kier alpha value is -1.69. The predicted octanol–water partition coefficient (Wildman–Crippen LogP) is 1.32. The molecule has 6 heteroatoms. The molecule has 6 nitrogen and oxygen atoms in total. The monoisotopic (exact) mass is 263 g/mol. The molecule has 0 spiro atoms. The molecule has 102 valence electrons. The third-order valence-electron chi connectivity index (χ3n) is 3.84. The van der Waals surface area contributed by atoms with Gasteiger partial charge in [-0.05, 0) is 25.7 Å². The topological polar surface area (TPSA) is 75.5 Å². The van der Waals surface area contributed by atoms with Crippen molar-refractivity contribution in [2.24, 2.45) is 0 Å². The molecule has 0 saturated carbocycles. The Balaban J connectivity index is 1.78. The third-order valence-corrected chi connectivity index (χ3v) is 3.84. The minimum atomic E-state index is -1.05. The van der Waals surface area contributed by atoms with Gasteiger partial charge in [-0.2, -0.15) is 0 Å². The van der Waals surface area contributed by atoms with E-state index in [1.807, 2.05) is 0 Å². The van der Waals surface area contributed by atoms with E-state index < -0.39 is 5.97 Å². The fourth-order valence-corrected chi connectivity index (χ4v) is 2.95. The predicted molar refractivity (Wildman–Crippen MR) is 68.3 cm³/mol. The summed E-state index contributed by atoms with van der Waals surface area (Å²) in [6, 6.07) is 0.354. The summed E-state index contributed by atoms with van der Waals surface area (Å²) in [5.41, 5.74) is -0.0170. The van der Waals surface area contributed by atoms with Crippen LogP contribution in [0.5, 0.6) is 0 Å². The smallest absolute Gasteiger partial charge is 0.356 e. The van der Waals surface area contributed by atoms with Crippen molar-refractivity contribution >= 4 is 11.8 Å². The summed E-state index contributed by atoms with van der Waals surface area (Å²) in [5.74, 6) is -0.292. The lowest BCUT2D eigenvalue weighted by molar-refractivity contribution is 0.0690. The van der Waals surface area contributed by atoms with E-state index in [4.69, 9.17) is 9.84 Å². The van der Waals surface area contributed by atoms with Crippen LogP contribution in [0.15, 0.2) is 12.4 Å². The number of hydrogen-bond donors (Lipinski definition) is 1. The van der Waals surface area contributed by atoms with Crippen LogP contribution >= 0.6 is 0 Å². The van der Waals surface area contributed by atoms with Crippen molar-refractivity contribution in [3.05, 3.63) is 18.1 Å². The van der Waals surface area contributed by atoms with Gasteiger partial charge >= 0.3 is 5.97 Å². The summed E-state index contributed by atoms with van der Waals surface area (Å²) < 4.78 is 5.77. The van der Waals surface area contributed by atoms with Crippen LogP contribution in [0.3, 0.4) is 0 Å². The molecule has 1 aromatic rings. The van der Waals surface area contributed by atoms with Crippen LogP contribution in [0.1, 0.15) is 36.2 Å². The van der Waals surface area contributed by atoms with Gasteiger partial charge in [0.05, 0.1) is 24.5 Å². The first-order valence-electron chi connectivity index (χ1n) is 6.69. The van der Waals surface area contributed by atoms with Crippen molar-refractivity contribution in [3.63, 3.8) is 0 Å². The highest BCUT2D eigenvalue weighted by Crippen LogP contribution is 2.30. The second-order valence-corrected chi connectivity index (χ2v) is 5.02. The van der Waals surface area contributed by atoms with Crippen LogP contribution in [0.4, 0.5) is 5.82 Å². The fraction of sp³-hybridized carbons (Fsp3) is 0.615. The van der Waals surface area contributed by atoms with E-state index in [1.54, 1.807) is 6.20 Å². The minimum absolute atomic E-state index is 0.0170. The number of anilines is 1.